The first-order chi connectivity index (χ1) is 13.6. The fourth-order valence-electron chi connectivity index (χ4n) is 3.86. The maximum atomic E-state index is 12.0. The monoisotopic (exact) mass is 383 g/mol. The molecule has 2 aromatic rings. The molecule has 1 atom stereocenters. The van der Waals surface area contributed by atoms with Gasteiger partial charge in [0.2, 0.25) is 0 Å². The molecular weight excluding hydrogens is 350 g/mol. The van der Waals surface area contributed by atoms with Gasteiger partial charge in [-0.1, -0.05) is 19.9 Å². The van der Waals surface area contributed by atoms with E-state index in [1.807, 2.05) is 18.2 Å². The Labute approximate surface area is 167 Å². The van der Waals surface area contributed by atoms with Crippen molar-refractivity contribution >= 4 is 22.7 Å². The van der Waals surface area contributed by atoms with Gasteiger partial charge in [-0.2, -0.15) is 0 Å². The van der Waals surface area contributed by atoms with E-state index in [0.29, 0.717) is 18.4 Å². The van der Waals surface area contributed by atoms with E-state index in [-0.39, 0.29) is 0 Å². The molecule has 0 radical (unpaired) electrons. The molecule has 152 valence electrons. The summed E-state index contributed by atoms with van der Waals surface area (Å²) < 4.78 is 5.22. The summed E-state index contributed by atoms with van der Waals surface area (Å²) in [5.74, 6) is 1.34. The maximum absolute atomic E-state index is 12.0. The molecule has 28 heavy (non-hydrogen) atoms. The van der Waals surface area contributed by atoms with Gasteiger partial charge in [-0.3, -0.25) is 5.32 Å². The Balaban J connectivity index is 1.64. The van der Waals surface area contributed by atoms with Crippen LogP contribution in [0.4, 0.5) is 10.5 Å². The zero-order valence-corrected chi connectivity index (χ0v) is 17.1. The molecule has 0 saturated heterocycles. The van der Waals surface area contributed by atoms with Crippen LogP contribution in [0.25, 0.3) is 10.9 Å². The lowest BCUT2D eigenvalue weighted by atomic mass is 9.86. The molecule has 1 unspecified atom stereocenters. The van der Waals surface area contributed by atoms with E-state index in [4.69, 9.17) is 4.74 Å². The Bertz CT molecular complexity index is 810. The van der Waals surface area contributed by atoms with Crippen molar-refractivity contribution in [3.8, 4) is 0 Å². The number of anilines is 1. The number of carbonyl (C=O) groups excluding carboxylic acids is 1. The van der Waals surface area contributed by atoms with Gasteiger partial charge in [0.05, 0.1) is 6.61 Å². The normalized spacial score (nSPS) is 16.2. The van der Waals surface area contributed by atoms with Crippen LogP contribution in [0, 0.1) is 11.8 Å². The van der Waals surface area contributed by atoms with Crippen LogP contribution in [0.5, 0.6) is 0 Å². The summed E-state index contributed by atoms with van der Waals surface area (Å²) in [6.07, 6.45) is 6.46. The Morgan fingerprint density at radius 2 is 2.29 bits per heavy atom. The van der Waals surface area contributed by atoms with Gasteiger partial charge < -0.3 is 15.0 Å². The van der Waals surface area contributed by atoms with Crippen molar-refractivity contribution in [2.75, 3.05) is 25.0 Å². The van der Waals surface area contributed by atoms with E-state index in [1.165, 1.54) is 23.1 Å². The molecule has 0 saturated carbocycles. The van der Waals surface area contributed by atoms with Gasteiger partial charge in [0.1, 0.15) is 0 Å². The first-order valence-electron chi connectivity index (χ1n) is 10.5. The molecule has 0 spiro atoms. The second-order valence-corrected chi connectivity index (χ2v) is 8.20. The molecule has 1 aromatic heterocycles. The lowest BCUT2D eigenvalue weighted by molar-refractivity contribution is 0.160. The van der Waals surface area contributed by atoms with E-state index in [2.05, 4.69) is 42.1 Å². The van der Waals surface area contributed by atoms with Gasteiger partial charge in [-0.05, 0) is 80.8 Å². The highest BCUT2D eigenvalue weighted by Gasteiger charge is 2.22. The number of ether oxygens (including phenoxy) is 1. The van der Waals surface area contributed by atoms with E-state index in [1.54, 1.807) is 0 Å². The topological polar surface area (TPSA) is 66.1 Å². The molecule has 5 nitrogen and oxygen atoms in total. The molecule has 1 heterocycles. The van der Waals surface area contributed by atoms with Gasteiger partial charge in [0.25, 0.3) is 0 Å². The SMILES string of the molecule is C=CCCCOC(=O)Nc1ccc2[nH]c3c(c2c1)CC(CNCC(C)C)CC3. The van der Waals surface area contributed by atoms with Crippen LogP contribution in [-0.4, -0.2) is 30.8 Å². The zero-order valence-electron chi connectivity index (χ0n) is 17.1. The average molecular weight is 384 g/mol. The van der Waals surface area contributed by atoms with Crippen LogP contribution in [0.3, 0.4) is 0 Å². The number of rotatable bonds is 9. The molecular formula is C23H33N3O2. The molecule has 0 bridgehead atoms. The molecule has 0 fully saturated rings. The predicted molar refractivity (Wildman–Crippen MR) is 116 cm³/mol. The Kier molecular flexibility index (Phi) is 7.15. The van der Waals surface area contributed by atoms with E-state index >= 15 is 0 Å². The summed E-state index contributed by atoms with van der Waals surface area (Å²) in [5, 5.41) is 7.67. The standard InChI is InChI=1S/C23H33N3O2/c1-4-5-6-11-28-23(27)25-18-8-10-22-20(13-18)19-12-17(7-9-21(19)26-22)15-24-14-16(2)3/h4,8,10,13,16-17,24,26H,1,5-7,9,11-12,14-15H2,2-3H3,(H,25,27). The van der Waals surface area contributed by atoms with Crippen molar-refractivity contribution in [1.29, 1.82) is 0 Å². The minimum atomic E-state index is -0.399. The quantitative estimate of drug-likeness (QED) is 0.420. The largest absolute Gasteiger partial charge is 0.449 e. The van der Waals surface area contributed by atoms with Gasteiger partial charge in [0, 0.05) is 22.3 Å². The minimum Gasteiger partial charge on any atom is -0.449 e. The Morgan fingerprint density at radius 1 is 1.43 bits per heavy atom. The van der Waals surface area contributed by atoms with E-state index in [9.17, 15) is 4.79 Å². The Morgan fingerprint density at radius 3 is 3.07 bits per heavy atom. The third kappa shape index (κ3) is 5.38. The summed E-state index contributed by atoms with van der Waals surface area (Å²) in [7, 11) is 0. The lowest BCUT2D eigenvalue weighted by Gasteiger charge is -2.23. The van der Waals surface area contributed by atoms with Gasteiger partial charge >= 0.3 is 6.09 Å². The first-order valence-corrected chi connectivity index (χ1v) is 10.5. The third-order valence-electron chi connectivity index (χ3n) is 5.31. The number of unbranched alkanes of at least 4 members (excludes halogenated alkanes) is 1. The number of aromatic nitrogens is 1. The van der Waals surface area contributed by atoms with Crippen molar-refractivity contribution in [2.45, 2.75) is 46.0 Å². The fourth-order valence-corrected chi connectivity index (χ4v) is 3.86. The van der Waals surface area contributed by atoms with Crippen molar-refractivity contribution < 1.29 is 9.53 Å². The van der Waals surface area contributed by atoms with Crippen molar-refractivity contribution in [2.24, 2.45) is 11.8 Å². The number of H-pyrrole nitrogens is 1. The van der Waals surface area contributed by atoms with Crippen molar-refractivity contribution in [3.63, 3.8) is 0 Å². The fraction of sp³-hybridized carbons (Fsp3) is 0.522. The van der Waals surface area contributed by atoms with Gasteiger partial charge in [0.15, 0.2) is 0 Å². The zero-order chi connectivity index (χ0) is 19.9. The second-order valence-electron chi connectivity index (χ2n) is 8.20. The molecule has 3 N–H and O–H groups in total. The van der Waals surface area contributed by atoms with Crippen LogP contribution in [0.1, 0.15) is 44.4 Å². The van der Waals surface area contributed by atoms with Crippen LogP contribution in [0.15, 0.2) is 30.9 Å². The number of nitrogens with one attached hydrogen (secondary N) is 3. The summed E-state index contributed by atoms with van der Waals surface area (Å²) in [5.41, 5.74) is 4.67. The van der Waals surface area contributed by atoms with Crippen LogP contribution >= 0.6 is 0 Å². The highest BCUT2D eigenvalue weighted by molar-refractivity contribution is 5.92. The lowest BCUT2D eigenvalue weighted by Crippen LogP contribution is -2.29. The predicted octanol–water partition coefficient (Wildman–Crippen LogP) is 5.03. The van der Waals surface area contributed by atoms with Crippen molar-refractivity contribution in [3.05, 3.63) is 42.1 Å². The highest BCUT2D eigenvalue weighted by Crippen LogP contribution is 2.33. The number of carbonyl (C=O) groups is 1. The molecule has 1 amide bonds. The second kappa shape index (κ2) is 9.78. The van der Waals surface area contributed by atoms with Crippen LogP contribution < -0.4 is 10.6 Å². The van der Waals surface area contributed by atoms with Crippen molar-refractivity contribution in [1.82, 2.24) is 10.3 Å². The van der Waals surface area contributed by atoms with Gasteiger partial charge in [-0.15, -0.1) is 6.58 Å². The summed E-state index contributed by atoms with van der Waals surface area (Å²) in [4.78, 5) is 15.6. The molecule has 1 aromatic carbocycles. The molecule has 1 aliphatic carbocycles. The van der Waals surface area contributed by atoms with Crippen LogP contribution in [0.2, 0.25) is 0 Å². The number of aromatic amines is 1. The number of aryl methyl sites for hydroxylation is 1. The number of benzene rings is 1. The average Bonchev–Trinajstić information content (AvgIpc) is 3.02. The summed E-state index contributed by atoms with van der Waals surface area (Å²) in [6, 6.07) is 6.05. The third-order valence-corrected chi connectivity index (χ3v) is 5.31. The smallest absolute Gasteiger partial charge is 0.411 e. The Hall–Kier alpha value is -2.27. The number of hydrogen-bond acceptors (Lipinski definition) is 3. The number of allylic oxidation sites excluding steroid dienone is 1. The van der Waals surface area contributed by atoms with E-state index < -0.39 is 6.09 Å². The maximum Gasteiger partial charge on any atom is 0.411 e. The van der Waals surface area contributed by atoms with Crippen LogP contribution in [-0.2, 0) is 17.6 Å². The molecule has 1 aliphatic rings. The number of fused-ring (bicyclic) bond motifs is 3. The minimum absolute atomic E-state index is 0.399. The summed E-state index contributed by atoms with van der Waals surface area (Å²) >= 11 is 0. The highest BCUT2D eigenvalue weighted by atomic mass is 16.5. The first kappa shape index (κ1) is 20.5. The van der Waals surface area contributed by atoms with Gasteiger partial charge in [-0.25, -0.2) is 4.79 Å². The molecule has 3 rings (SSSR count). The molecule has 0 aliphatic heterocycles. The molecule has 5 heteroatoms. The number of hydrogen-bond donors (Lipinski definition) is 3. The summed E-state index contributed by atoms with van der Waals surface area (Å²) in [6.45, 7) is 10.7. The van der Waals surface area contributed by atoms with E-state index in [0.717, 1.165) is 50.0 Å². The number of amides is 1.